The van der Waals surface area contributed by atoms with E-state index in [0.717, 1.165) is 48.6 Å². The quantitative estimate of drug-likeness (QED) is 0.781. The van der Waals surface area contributed by atoms with Crippen LogP contribution in [0.25, 0.3) is 16.9 Å². The molecule has 2 aliphatic heterocycles. The minimum absolute atomic E-state index is 0.173. The van der Waals surface area contributed by atoms with E-state index < -0.39 is 0 Å². The first-order valence-corrected chi connectivity index (χ1v) is 8.81. The fourth-order valence-corrected chi connectivity index (χ4v) is 4.35. The van der Waals surface area contributed by atoms with Gasteiger partial charge in [-0.2, -0.15) is 0 Å². The van der Waals surface area contributed by atoms with E-state index in [1.165, 1.54) is 0 Å². The number of nitrogens with one attached hydrogen (secondary N) is 1. The zero-order valence-electron chi connectivity index (χ0n) is 14.1. The zero-order valence-corrected chi connectivity index (χ0v) is 14.1. The van der Waals surface area contributed by atoms with E-state index in [9.17, 15) is 0 Å². The van der Waals surface area contributed by atoms with Crippen LogP contribution in [0, 0.1) is 12.7 Å². The number of rotatable bonds is 2. The van der Waals surface area contributed by atoms with Crippen molar-refractivity contribution in [2.45, 2.75) is 31.8 Å². The van der Waals surface area contributed by atoms with Gasteiger partial charge >= 0.3 is 0 Å². The third-order valence-electron chi connectivity index (χ3n) is 5.43. The van der Waals surface area contributed by atoms with Gasteiger partial charge < -0.3 is 10.2 Å². The molecule has 1 aromatic carbocycles. The number of benzene rings is 1. The summed E-state index contributed by atoms with van der Waals surface area (Å²) in [5.74, 6) is 0.636. The van der Waals surface area contributed by atoms with Crippen molar-refractivity contribution in [1.29, 1.82) is 0 Å². The van der Waals surface area contributed by atoms with Crippen LogP contribution in [-0.4, -0.2) is 39.7 Å². The van der Waals surface area contributed by atoms with Crippen LogP contribution in [0.4, 0.5) is 10.1 Å². The highest BCUT2D eigenvalue weighted by Gasteiger charge is 2.37. The fraction of sp³-hybridized carbons (Fsp3) is 0.368. The lowest BCUT2D eigenvalue weighted by atomic mass is 10.1. The van der Waals surface area contributed by atoms with Gasteiger partial charge in [-0.1, -0.05) is 0 Å². The molecule has 5 rings (SSSR count). The number of aromatic nitrogens is 3. The van der Waals surface area contributed by atoms with Crippen LogP contribution in [0.1, 0.15) is 18.7 Å². The SMILES string of the molecule is Cc1nc2cccnc2n1-c1ccc(N2C3CCC2CNC3)c(F)c1. The third kappa shape index (κ3) is 2.24. The average molecular weight is 337 g/mol. The van der Waals surface area contributed by atoms with Gasteiger partial charge in [-0.15, -0.1) is 0 Å². The van der Waals surface area contributed by atoms with Gasteiger partial charge in [0, 0.05) is 37.4 Å². The van der Waals surface area contributed by atoms with Crippen LogP contribution >= 0.6 is 0 Å². The fourth-order valence-electron chi connectivity index (χ4n) is 4.35. The van der Waals surface area contributed by atoms with Crippen molar-refractivity contribution < 1.29 is 4.39 Å². The first kappa shape index (κ1) is 14.8. The molecule has 0 saturated carbocycles. The van der Waals surface area contributed by atoms with E-state index in [0.29, 0.717) is 17.8 Å². The lowest BCUT2D eigenvalue weighted by Gasteiger charge is -2.37. The summed E-state index contributed by atoms with van der Waals surface area (Å²) in [4.78, 5) is 11.2. The van der Waals surface area contributed by atoms with E-state index >= 15 is 4.39 Å². The number of nitrogens with zero attached hydrogens (tertiary/aromatic N) is 4. The van der Waals surface area contributed by atoms with Crippen molar-refractivity contribution in [3.8, 4) is 5.69 Å². The molecule has 25 heavy (non-hydrogen) atoms. The van der Waals surface area contributed by atoms with E-state index in [4.69, 9.17) is 0 Å². The van der Waals surface area contributed by atoms with Gasteiger partial charge in [0.1, 0.15) is 17.2 Å². The van der Waals surface area contributed by atoms with E-state index in [1.807, 2.05) is 35.8 Å². The Balaban J connectivity index is 1.58. The van der Waals surface area contributed by atoms with Gasteiger partial charge in [0.05, 0.1) is 11.4 Å². The highest BCUT2D eigenvalue weighted by Crippen LogP contribution is 2.35. The van der Waals surface area contributed by atoms with Crippen molar-refractivity contribution in [1.82, 2.24) is 19.9 Å². The molecular formula is C19H20FN5. The van der Waals surface area contributed by atoms with Crippen molar-refractivity contribution in [3.63, 3.8) is 0 Å². The molecule has 3 aromatic rings. The normalized spacial score (nSPS) is 22.7. The molecule has 2 unspecified atom stereocenters. The molecular weight excluding hydrogens is 317 g/mol. The van der Waals surface area contributed by atoms with Gasteiger partial charge in [0.2, 0.25) is 0 Å². The van der Waals surface area contributed by atoms with Crippen LogP contribution in [0.3, 0.4) is 0 Å². The number of anilines is 1. The third-order valence-corrected chi connectivity index (χ3v) is 5.43. The highest BCUT2D eigenvalue weighted by molar-refractivity contribution is 5.74. The van der Waals surface area contributed by atoms with Gasteiger partial charge in [0.25, 0.3) is 0 Å². The Labute approximate surface area is 145 Å². The summed E-state index contributed by atoms with van der Waals surface area (Å²) in [6, 6.07) is 10.1. The van der Waals surface area contributed by atoms with Crippen LogP contribution in [0.5, 0.6) is 0 Å². The Morgan fingerprint density at radius 1 is 1.16 bits per heavy atom. The monoisotopic (exact) mass is 337 g/mol. The van der Waals surface area contributed by atoms with E-state index in [2.05, 4.69) is 20.2 Å². The van der Waals surface area contributed by atoms with E-state index in [1.54, 1.807) is 12.3 Å². The molecule has 4 heterocycles. The summed E-state index contributed by atoms with van der Waals surface area (Å²) in [7, 11) is 0. The molecule has 5 nitrogen and oxygen atoms in total. The maximum Gasteiger partial charge on any atom is 0.164 e. The summed E-state index contributed by atoms with van der Waals surface area (Å²) in [5.41, 5.74) is 3.06. The first-order chi connectivity index (χ1) is 12.2. The maximum atomic E-state index is 15.0. The molecule has 2 saturated heterocycles. The molecule has 2 aromatic heterocycles. The largest absolute Gasteiger partial charge is 0.361 e. The van der Waals surface area contributed by atoms with Gasteiger partial charge in [0.15, 0.2) is 5.65 Å². The summed E-state index contributed by atoms with van der Waals surface area (Å²) < 4.78 is 16.9. The Hall–Kier alpha value is -2.47. The van der Waals surface area contributed by atoms with Crippen LogP contribution in [-0.2, 0) is 0 Å². The lowest BCUT2D eigenvalue weighted by Crippen LogP contribution is -2.52. The van der Waals surface area contributed by atoms with Crippen LogP contribution in [0.2, 0.25) is 0 Å². The molecule has 0 aliphatic carbocycles. The van der Waals surface area contributed by atoms with Crippen molar-refractivity contribution >= 4 is 16.9 Å². The highest BCUT2D eigenvalue weighted by atomic mass is 19.1. The minimum atomic E-state index is -0.173. The number of hydrogen-bond acceptors (Lipinski definition) is 4. The average Bonchev–Trinajstić information content (AvgIpc) is 3.06. The number of pyridine rings is 1. The van der Waals surface area contributed by atoms with Gasteiger partial charge in [-0.25, -0.2) is 14.4 Å². The van der Waals surface area contributed by atoms with Crippen LogP contribution < -0.4 is 10.2 Å². The molecule has 2 bridgehead atoms. The number of halogens is 1. The molecule has 2 atom stereocenters. The molecule has 0 amide bonds. The standard InChI is InChI=1S/C19H20FN5/c1-12-23-17-3-2-8-22-19(17)24(12)13-6-7-18(16(20)9-13)25-14-4-5-15(25)11-21-10-14/h2-3,6-9,14-15,21H,4-5,10-11H2,1H3. The Morgan fingerprint density at radius 3 is 2.72 bits per heavy atom. The number of imidazole rings is 1. The number of fused-ring (bicyclic) bond motifs is 3. The molecule has 0 spiro atoms. The molecule has 2 fully saturated rings. The zero-order chi connectivity index (χ0) is 17.0. The second kappa shape index (κ2) is 5.52. The van der Waals surface area contributed by atoms with Gasteiger partial charge in [-0.3, -0.25) is 4.57 Å². The van der Waals surface area contributed by atoms with Crippen LogP contribution in [0.15, 0.2) is 36.5 Å². The maximum absolute atomic E-state index is 15.0. The Kier molecular flexibility index (Phi) is 3.28. The second-order valence-electron chi connectivity index (χ2n) is 6.93. The second-order valence-corrected chi connectivity index (χ2v) is 6.93. The molecule has 2 aliphatic rings. The predicted octanol–water partition coefficient (Wildman–Crippen LogP) is 2.81. The van der Waals surface area contributed by atoms with Crippen molar-refractivity contribution in [2.75, 3.05) is 18.0 Å². The van der Waals surface area contributed by atoms with Gasteiger partial charge in [-0.05, 0) is 44.0 Å². The summed E-state index contributed by atoms with van der Waals surface area (Å²) >= 11 is 0. The molecule has 128 valence electrons. The number of aryl methyl sites for hydroxylation is 1. The number of hydrogen-bond donors (Lipinski definition) is 1. The number of piperazine rings is 1. The Bertz CT molecular complexity index is 934. The smallest absolute Gasteiger partial charge is 0.164 e. The molecule has 6 heteroatoms. The topological polar surface area (TPSA) is 46.0 Å². The van der Waals surface area contributed by atoms with E-state index in [-0.39, 0.29) is 5.82 Å². The molecule has 1 N–H and O–H groups in total. The van der Waals surface area contributed by atoms with Crippen molar-refractivity contribution in [3.05, 3.63) is 48.2 Å². The lowest BCUT2D eigenvalue weighted by molar-refractivity contribution is 0.475. The molecule has 0 radical (unpaired) electrons. The Morgan fingerprint density at radius 2 is 1.96 bits per heavy atom. The summed E-state index contributed by atoms with van der Waals surface area (Å²) in [6.45, 7) is 3.80. The first-order valence-electron chi connectivity index (χ1n) is 8.81. The van der Waals surface area contributed by atoms with Crippen molar-refractivity contribution in [2.24, 2.45) is 0 Å². The minimum Gasteiger partial charge on any atom is -0.361 e. The predicted molar refractivity (Wildman–Crippen MR) is 95.7 cm³/mol. The summed E-state index contributed by atoms with van der Waals surface area (Å²) in [6.07, 6.45) is 4.01. The summed E-state index contributed by atoms with van der Waals surface area (Å²) in [5, 5.41) is 3.44.